The fourth-order valence-electron chi connectivity index (χ4n) is 1.38. The smallest absolute Gasteiger partial charge is 0.236 e. The maximum absolute atomic E-state index is 11.7. The van der Waals surface area contributed by atoms with E-state index in [1.165, 1.54) is 0 Å². The zero-order valence-electron chi connectivity index (χ0n) is 10.6. The number of nitrogens with zero attached hydrogens (tertiary/aromatic N) is 1. The van der Waals surface area contributed by atoms with Crippen molar-refractivity contribution in [2.45, 2.75) is 26.4 Å². The van der Waals surface area contributed by atoms with Crippen molar-refractivity contribution in [1.29, 1.82) is 0 Å². The summed E-state index contributed by atoms with van der Waals surface area (Å²) in [5, 5.41) is 12.6. The summed E-state index contributed by atoms with van der Waals surface area (Å²) in [6.07, 6.45) is 0. The zero-order chi connectivity index (χ0) is 12.8. The molecule has 0 saturated heterocycles. The molecule has 1 amide bonds. The van der Waals surface area contributed by atoms with Crippen molar-refractivity contribution < 1.29 is 9.90 Å². The molecule has 0 atom stereocenters. The lowest BCUT2D eigenvalue weighted by Crippen LogP contribution is -2.39. The molecule has 4 heteroatoms. The molecule has 0 spiro atoms. The Labute approximate surface area is 102 Å². The summed E-state index contributed by atoms with van der Waals surface area (Å²) >= 11 is 0. The predicted octanol–water partition coefficient (Wildman–Crippen LogP) is 1.35. The maximum atomic E-state index is 11.7. The van der Waals surface area contributed by atoms with Crippen LogP contribution in [0.1, 0.15) is 19.4 Å². The van der Waals surface area contributed by atoms with E-state index >= 15 is 0 Å². The number of likely N-dealkylation sites (N-methyl/N-ethyl adjacent to an activating group) is 1. The molecule has 0 bridgehead atoms. The van der Waals surface area contributed by atoms with E-state index in [1.54, 1.807) is 24.1 Å². The molecular formula is C13H20N2O2. The van der Waals surface area contributed by atoms with Crippen LogP contribution in [-0.2, 0) is 11.3 Å². The number of phenols is 1. The fraction of sp³-hybridized carbons (Fsp3) is 0.462. The number of aromatic hydroxyl groups is 1. The number of benzene rings is 1. The van der Waals surface area contributed by atoms with Crippen molar-refractivity contribution in [3.8, 4) is 5.75 Å². The number of para-hydroxylation sites is 1. The molecule has 4 nitrogen and oxygen atoms in total. The first-order chi connectivity index (χ1) is 8.02. The first-order valence-electron chi connectivity index (χ1n) is 5.75. The highest BCUT2D eigenvalue weighted by Crippen LogP contribution is 2.14. The van der Waals surface area contributed by atoms with Gasteiger partial charge in [-0.15, -0.1) is 0 Å². The van der Waals surface area contributed by atoms with Crippen molar-refractivity contribution >= 4 is 5.91 Å². The molecule has 0 unspecified atom stereocenters. The molecule has 0 saturated carbocycles. The number of hydrogen-bond donors (Lipinski definition) is 2. The van der Waals surface area contributed by atoms with Crippen molar-refractivity contribution in [2.75, 3.05) is 13.6 Å². The molecule has 0 aliphatic heterocycles. The van der Waals surface area contributed by atoms with Gasteiger partial charge in [0.1, 0.15) is 5.75 Å². The first-order valence-corrected chi connectivity index (χ1v) is 5.75. The highest BCUT2D eigenvalue weighted by Gasteiger charge is 2.11. The van der Waals surface area contributed by atoms with E-state index < -0.39 is 0 Å². The second kappa shape index (κ2) is 6.25. The summed E-state index contributed by atoms with van der Waals surface area (Å²) in [5.41, 5.74) is 0.799. The second-order valence-corrected chi connectivity index (χ2v) is 4.33. The van der Waals surface area contributed by atoms with Gasteiger partial charge in [-0.3, -0.25) is 4.79 Å². The molecular weight excluding hydrogens is 216 g/mol. The second-order valence-electron chi connectivity index (χ2n) is 4.33. The molecule has 0 heterocycles. The molecule has 2 N–H and O–H groups in total. The molecule has 17 heavy (non-hydrogen) atoms. The van der Waals surface area contributed by atoms with Crippen LogP contribution in [0.3, 0.4) is 0 Å². The molecule has 1 aromatic rings. The van der Waals surface area contributed by atoms with Crippen molar-refractivity contribution in [3.63, 3.8) is 0 Å². The Balaban J connectivity index is 2.38. The minimum Gasteiger partial charge on any atom is -0.508 e. The van der Waals surface area contributed by atoms with Gasteiger partial charge in [-0.2, -0.15) is 0 Å². The van der Waals surface area contributed by atoms with Gasteiger partial charge in [0.05, 0.1) is 6.54 Å². The van der Waals surface area contributed by atoms with Crippen LogP contribution in [0.5, 0.6) is 5.75 Å². The third kappa shape index (κ3) is 4.07. The van der Waals surface area contributed by atoms with Gasteiger partial charge in [0.2, 0.25) is 5.91 Å². The summed E-state index contributed by atoms with van der Waals surface area (Å²) in [4.78, 5) is 13.4. The van der Waals surface area contributed by atoms with Crippen molar-refractivity contribution in [3.05, 3.63) is 29.8 Å². The lowest BCUT2D eigenvalue weighted by Gasteiger charge is -2.21. The molecule has 1 aromatic carbocycles. The van der Waals surface area contributed by atoms with Gasteiger partial charge in [-0.05, 0) is 19.9 Å². The highest BCUT2D eigenvalue weighted by molar-refractivity contribution is 5.78. The third-order valence-corrected chi connectivity index (χ3v) is 2.75. The summed E-state index contributed by atoms with van der Waals surface area (Å²) in [6.45, 7) is 4.72. The number of rotatable bonds is 5. The quantitative estimate of drug-likeness (QED) is 0.811. The number of hydrogen-bond acceptors (Lipinski definition) is 3. The van der Waals surface area contributed by atoms with Crippen molar-refractivity contribution in [1.82, 2.24) is 10.2 Å². The topological polar surface area (TPSA) is 52.6 Å². The van der Waals surface area contributed by atoms with E-state index in [2.05, 4.69) is 5.32 Å². The molecule has 0 aliphatic rings. The van der Waals surface area contributed by atoms with Crippen LogP contribution in [-0.4, -0.2) is 35.5 Å². The van der Waals surface area contributed by atoms with E-state index in [0.29, 0.717) is 6.54 Å². The lowest BCUT2D eigenvalue weighted by molar-refractivity contribution is -0.130. The molecule has 0 radical (unpaired) electrons. The summed E-state index contributed by atoms with van der Waals surface area (Å²) in [7, 11) is 1.79. The van der Waals surface area contributed by atoms with E-state index in [9.17, 15) is 9.90 Å². The fourth-order valence-corrected chi connectivity index (χ4v) is 1.38. The van der Waals surface area contributed by atoms with Crippen LogP contribution in [0, 0.1) is 0 Å². The molecule has 1 rings (SSSR count). The maximum Gasteiger partial charge on any atom is 0.236 e. The van der Waals surface area contributed by atoms with E-state index in [0.717, 1.165) is 5.56 Å². The number of carbonyl (C=O) groups is 1. The Hall–Kier alpha value is -1.55. The molecule has 0 aliphatic carbocycles. The van der Waals surface area contributed by atoms with Gasteiger partial charge in [0.25, 0.3) is 0 Å². The minimum absolute atomic E-state index is 0.0513. The van der Waals surface area contributed by atoms with Gasteiger partial charge >= 0.3 is 0 Å². The Morgan fingerprint density at radius 3 is 2.65 bits per heavy atom. The first kappa shape index (κ1) is 13.5. The normalized spacial score (nSPS) is 10.6. The van der Waals surface area contributed by atoms with Crippen LogP contribution < -0.4 is 5.32 Å². The molecule has 94 valence electrons. The van der Waals surface area contributed by atoms with E-state index in [4.69, 9.17) is 0 Å². The van der Waals surface area contributed by atoms with Crippen LogP contribution >= 0.6 is 0 Å². The number of phenolic OH excluding ortho intramolecular Hbond substituents is 1. The number of nitrogens with one attached hydrogen (secondary N) is 1. The molecule has 0 fully saturated rings. The number of carbonyl (C=O) groups excluding carboxylic acids is 1. The van der Waals surface area contributed by atoms with Gasteiger partial charge in [0.15, 0.2) is 0 Å². The van der Waals surface area contributed by atoms with Gasteiger partial charge in [0, 0.05) is 25.2 Å². The standard InChI is InChI=1S/C13H20N2O2/c1-10(2)15(3)13(17)9-14-8-11-6-4-5-7-12(11)16/h4-7,10,14,16H,8-9H2,1-3H3. The Kier molecular flexibility index (Phi) is 4.97. The van der Waals surface area contributed by atoms with Crippen LogP contribution in [0.15, 0.2) is 24.3 Å². The van der Waals surface area contributed by atoms with Crippen molar-refractivity contribution in [2.24, 2.45) is 0 Å². The Morgan fingerprint density at radius 2 is 2.06 bits per heavy atom. The SMILES string of the molecule is CC(C)N(C)C(=O)CNCc1ccccc1O. The largest absolute Gasteiger partial charge is 0.508 e. The van der Waals surface area contributed by atoms with Gasteiger partial charge in [-0.25, -0.2) is 0 Å². The monoisotopic (exact) mass is 236 g/mol. The summed E-state index contributed by atoms with van der Waals surface area (Å²) < 4.78 is 0. The zero-order valence-corrected chi connectivity index (χ0v) is 10.6. The summed E-state index contributed by atoms with van der Waals surface area (Å²) in [6, 6.07) is 7.31. The highest BCUT2D eigenvalue weighted by atomic mass is 16.3. The third-order valence-electron chi connectivity index (χ3n) is 2.75. The Bertz CT molecular complexity index is 377. The van der Waals surface area contributed by atoms with E-state index in [1.807, 2.05) is 26.0 Å². The minimum atomic E-state index is 0.0513. The van der Waals surface area contributed by atoms with Crippen LogP contribution in [0.25, 0.3) is 0 Å². The average Bonchev–Trinajstić information content (AvgIpc) is 2.30. The Morgan fingerprint density at radius 1 is 1.41 bits per heavy atom. The summed E-state index contributed by atoms with van der Waals surface area (Å²) in [5.74, 6) is 0.306. The van der Waals surface area contributed by atoms with Gasteiger partial charge in [-0.1, -0.05) is 18.2 Å². The average molecular weight is 236 g/mol. The predicted molar refractivity (Wildman–Crippen MR) is 67.7 cm³/mol. The molecule has 0 aromatic heterocycles. The number of amides is 1. The van der Waals surface area contributed by atoms with Crippen LogP contribution in [0.4, 0.5) is 0 Å². The van der Waals surface area contributed by atoms with E-state index in [-0.39, 0.29) is 24.2 Å². The van der Waals surface area contributed by atoms with Crippen LogP contribution in [0.2, 0.25) is 0 Å². The van der Waals surface area contributed by atoms with Gasteiger partial charge < -0.3 is 15.3 Å². The lowest BCUT2D eigenvalue weighted by atomic mass is 10.2.